The van der Waals surface area contributed by atoms with E-state index in [9.17, 15) is 0 Å². The van der Waals surface area contributed by atoms with E-state index in [4.69, 9.17) is 0 Å². The van der Waals surface area contributed by atoms with Gasteiger partial charge in [0.05, 0.1) is 10.7 Å². The van der Waals surface area contributed by atoms with Crippen molar-refractivity contribution >= 4 is 24.2 Å². The minimum Gasteiger partial charge on any atom is -0.266 e. The minimum absolute atomic E-state index is 0.882. The maximum absolute atomic E-state index is 4.39. The second kappa shape index (κ2) is 4.09. The third-order valence-corrected chi connectivity index (χ3v) is 2.63. The van der Waals surface area contributed by atoms with E-state index in [-0.39, 0.29) is 0 Å². The lowest BCUT2D eigenvalue weighted by molar-refractivity contribution is 0.878. The van der Waals surface area contributed by atoms with E-state index < -0.39 is 0 Å². The van der Waals surface area contributed by atoms with Crippen LogP contribution in [0.5, 0.6) is 0 Å². The van der Waals surface area contributed by atoms with Gasteiger partial charge in [-0.2, -0.15) is 0 Å². The molecule has 11 heavy (non-hydrogen) atoms. The monoisotopic (exact) mass is 188 g/mol. The number of aromatic nitrogens is 1. The molecule has 0 aromatic carbocycles. The number of nitrogens with one attached hydrogen (secondary N) is 1. The number of thiazole rings is 1. The molecule has 0 atom stereocenters. The number of hydrogen-bond acceptors (Lipinski definition) is 4. The van der Waals surface area contributed by atoms with Gasteiger partial charge in [0.15, 0.2) is 0 Å². The van der Waals surface area contributed by atoms with Crippen LogP contribution in [0.3, 0.4) is 0 Å². The molecule has 0 amide bonds. The third-order valence-electron chi connectivity index (χ3n) is 1.47. The molecule has 0 saturated carbocycles. The molecule has 0 saturated heterocycles. The summed E-state index contributed by atoms with van der Waals surface area (Å²) in [5.74, 6) is 0. The van der Waals surface area contributed by atoms with Crippen LogP contribution in [0.25, 0.3) is 0 Å². The summed E-state index contributed by atoms with van der Waals surface area (Å²) in [5.41, 5.74) is 1.20. The number of aryl methyl sites for hydroxylation is 2. The highest BCUT2D eigenvalue weighted by Gasteiger charge is 2.02. The first-order chi connectivity index (χ1) is 5.24. The summed E-state index contributed by atoms with van der Waals surface area (Å²) in [7, 11) is 0. The quantitative estimate of drug-likeness (QED) is 0.706. The minimum atomic E-state index is 0.882. The van der Waals surface area contributed by atoms with Crippen molar-refractivity contribution in [1.82, 2.24) is 9.71 Å². The van der Waals surface area contributed by atoms with Gasteiger partial charge in [-0.3, -0.25) is 4.72 Å². The lowest BCUT2D eigenvalue weighted by atomic mass is 10.3. The van der Waals surface area contributed by atoms with E-state index >= 15 is 0 Å². The van der Waals surface area contributed by atoms with Crippen LogP contribution in [-0.2, 0) is 6.42 Å². The Morgan fingerprint density at radius 3 is 2.73 bits per heavy atom. The Labute approximate surface area is 76.6 Å². The van der Waals surface area contributed by atoms with Gasteiger partial charge in [0.1, 0.15) is 0 Å². The molecule has 0 radical (unpaired) electrons. The molecule has 1 aromatic heterocycles. The summed E-state index contributed by atoms with van der Waals surface area (Å²) in [6.45, 7) is 5.03. The summed E-state index contributed by atoms with van der Waals surface area (Å²) in [6.07, 6.45) is 0.972. The fourth-order valence-electron chi connectivity index (χ4n) is 0.978. The van der Waals surface area contributed by atoms with Gasteiger partial charge in [-0.1, -0.05) is 12.8 Å². The fourth-order valence-corrected chi connectivity index (χ4v) is 1.95. The second-order valence-electron chi connectivity index (χ2n) is 2.39. The number of thiol groups is 1. The molecule has 0 fully saturated rings. The van der Waals surface area contributed by atoms with Crippen LogP contribution in [0.4, 0.5) is 0 Å². The van der Waals surface area contributed by atoms with Crippen LogP contribution >= 0.6 is 24.2 Å². The Kier molecular flexibility index (Phi) is 3.36. The maximum atomic E-state index is 4.39. The number of hydrogen-bond donors (Lipinski definition) is 2. The predicted octanol–water partition coefficient (Wildman–Crippen LogP) is 1.74. The highest BCUT2D eigenvalue weighted by atomic mass is 32.1. The zero-order valence-electron chi connectivity index (χ0n) is 6.72. The summed E-state index contributed by atoms with van der Waals surface area (Å²) < 4.78 is 2.81. The van der Waals surface area contributed by atoms with Crippen molar-refractivity contribution in [2.75, 3.05) is 6.54 Å². The van der Waals surface area contributed by atoms with Crippen LogP contribution in [0.1, 0.15) is 15.6 Å². The van der Waals surface area contributed by atoms with E-state index in [0.717, 1.165) is 18.0 Å². The molecule has 0 unspecified atom stereocenters. The Balaban J connectivity index is 2.62. The molecule has 0 aliphatic carbocycles. The van der Waals surface area contributed by atoms with Crippen molar-refractivity contribution in [3.05, 3.63) is 15.6 Å². The molecule has 1 N–H and O–H groups in total. The Morgan fingerprint density at radius 1 is 1.55 bits per heavy atom. The van der Waals surface area contributed by atoms with Crippen LogP contribution in [0.15, 0.2) is 0 Å². The SMILES string of the molecule is Cc1nc(CCNS)c(C)s1. The van der Waals surface area contributed by atoms with Gasteiger partial charge in [-0.05, 0) is 13.8 Å². The van der Waals surface area contributed by atoms with E-state index in [2.05, 4.69) is 29.4 Å². The van der Waals surface area contributed by atoms with E-state index in [1.807, 2.05) is 6.92 Å². The molecule has 4 heteroatoms. The van der Waals surface area contributed by atoms with Crippen LogP contribution in [0, 0.1) is 13.8 Å². The van der Waals surface area contributed by atoms with Gasteiger partial charge in [0.2, 0.25) is 0 Å². The van der Waals surface area contributed by atoms with Crippen molar-refractivity contribution in [2.45, 2.75) is 20.3 Å². The Hall–Kier alpha value is -0.0600. The predicted molar refractivity (Wildman–Crippen MR) is 52.3 cm³/mol. The van der Waals surface area contributed by atoms with Crippen LogP contribution < -0.4 is 4.72 Å². The summed E-state index contributed by atoms with van der Waals surface area (Å²) in [4.78, 5) is 5.72. The molecule has 1 aromatic rings. The van der Waals surface area contributed by atoms with E-state index in [0.29, 0.717) is 0 Å². The molecule has 0 aliphatic heterocycles. The second-order valence-corrected chi connectivity index (χ2v) is 4.12. The molecule has 0 spiro atoms. The summed E-state index contributed by atoms with van der Waals surface area (Å²) in [6, 6.07) is 0. The smallest absolute Gasteiger partial charge is 0.0900 e. The molecule has 1 heterocycles. The van der Waals surface area contributed by atoms with Crippen molar-refractivity contribution in [3.63, 3.8) is 0 Å². The average Bonchev–Trinajstić information content (AvgIpc) is 2.26. The van der Waals surface area contributed by atoms with E-state index in [1.165, 1.54) is 10.6 Å². The number of nitrogens with zero attached hydrogens (tertiary/aromatic N) is 1. The largest absolute Gasteiger partial charge is 0.266 e. The van der Waals surface area contributed by atoms with Crippen molar-refractivity contribution < 1.29 is 0 Å². The van der Waals surface area contributed by atoms with Crippen molar-refractivity contribution in [2.24, 2.45) is 0 Å². The van der Waals surface area contributed by atoms with Gasteiger partial charge >= 0.3 is 0 Å². The molecular weight excluding hydrogens is 176 g/mol. The molecule has 2 nitrogen and oxygen atoms in total. The zero-order chi connectivity index (χ0) is 8.27. The van der Waals surface area contributed by atoms with Gasteiger partial charge in [0, 0.05) is 17.8 Å². The normalized spacial score (nSPS) is 10.5. The molecule has 62 valence electrons. The zero-order valence-corrected chi connectivity index (χ0v) is 8.43. The molecule has 0 bridgehead atoms. The Morgan fingerprint density at radius 2 is 2.27 bits per heavy atom. The summed E-state index contributed by atoms with van der Waals surface area (Å²) in [5, 5.41) is 1.15. The molecule has 0 aliphatic rings. The van der Waals surface area contributed by atoms with Crippen molar-refractivity contribution in [3.8, 4) is 0 Å². The lowest BCUT2D eigenvalue weighted by Gasteiger charge is -1.95. The first-order valence-corrected chi connectivity index (χ1v) is 4.80. The Bertz CT molecular complexity index is 232. The van der Waals surface area contributed by atoms with E-state index in [1.54, 1.807) is 11.3 Å². The summed E-state index contributed by atoms with van der Waals surface area (Å²) >= 11 is 5.67. The standard InChI is InChI=1S/C7H12N2S2/c1-5-7(3-4-8-10)9-6(2)11-5/h8,10H,3-4H2,1-2H3. The van der Waals surface area contributed by atoms with Crippen LogP contribution in [-0.4, -0.2) is 11.5 Å². The van der Waals surface area contributed by atoms with Gasteiger partial charge in [-0.25, -0.2) is 4.98 Å². The maximum Gasteiger partial charge on any atom is 0.0900 e. The fraction of sp³-hybridized carbons (Fsp3) is 0.571. The third kappa shape index (κ3) is 2.47. The topological polar surface area (TPSA) is 24.9 Å². The van der Waals surface area contributed by atoms with Crippen LogP contribution in [0.2, 0.25) is 0 Å². The average molecular weight is 188 g/mol. The molecular formula is C7H12N2S2. The number of rotatable bonds is 3. The molecule has 1 rings (SSSR count). The van der Waals surface area contributed by atoms with Gasteiger partial charge in [-0.15, -0.1) is 11.3 Å². The highest BCUT2D eigenvalue weighted by Crippen LogP contribution is 2.16. The highest BCUT2D eigenvalue weighted by molar-refractivity contribution is 7.78. The van der Waals surface area contributed by atoms with Crippen molar-refractivity contribution in [1.29, 1.82) is 0 Å². The van der Waals surface area contributed by atoms with Gasteiger partial charge < -0.3 is 0 Å². The lowest BCUT2D eigenvalue weighted by Crippen LogP contribution is -2.05. The van der Waals surface area contributed by atoms with Gasteiger partial charge in [0.25, 0.3) is 0 Å². The first-order valence-electron chi connectivity index (χ1n) is 3.54. The first kappa shape index (κ1) is 9.03.